The van der Waals surface area contributed by atoms with E-state index in [1.54, 1.807) is 18.2 Å². The highest BCUT2D eigenvalue weighted by Gasteiger charge is 2.33. The average molecular weight is 561 g/mol. The van der Waals surface area contributed by atoms with Crippen molar-refractivity contribution >= 4 is 34.6 Å². The molecule has 0 atom stereocenters. The van der Waals surface area contributed by atoms with Crippen LogP contribution in [-0.2, 0) is 25.7 Å². The Labute approximate surface area is 225 Å². The molecule has 202 valence electrons. The smallest absolute Gasteiger partial charge is 0.333 e. The summed E-state index contributed by atoms with van der Waals surface area (Å²) in [4.78, 5) is 18.8. The minimum absolute atomic E-state index is 0.0142. The van der Waals surface area contributed by atoms with E-state index < -0.39 is 29.5 Å². The number of fused-ring (bicyclic) bond motifs is 3. The Morgan fingerprint density at radius 3 is 2.67 bits per heavy atom. The fourth-order valence-corrected chi connectivity index (χ4v) is 4.93. The molecule has 1 aliphatic rings. The van der Waals surface area contributed by atoms with Crippen LogP contribution in [0.4, 0.5) is 26.7 Å². The Balaban J connectivity index is 1.42. The summed E-state index contributed by atoms with van der Waals surface area (Å²) in [6.07, 6.45) is 0.843. The number of hydrogen-bond acceptors (Lipinski definition) is 3. The lowest BCUT2D eigenvalue weighted by atomic mass is 10.0. The zero-order valence-electron chi connectivity index (χ0n) is 20.4. The highest BCUT2D eigenvalue weighted by atomic mass is 35.5. The standard InChI is InChI=1S/C28H22ClF5N4O/c29-22-12-17(3-5-23(22)30)2-1-10-37-11-8-25-21(16-37)20-14-19(28(32,33)34)4-6-24(20)38(25)27(39)36-15-18-7-9-35-26(31)13-18/h1-7,9,12-14H,8,10-11,15-16H2,(H,36,39). The third-order valence-corrected chi connectivity index (χ3v) is 6.90. The summed E-state index contributed by atoms with van der Waals surface area (Å²) in [6, 6.07) is 9.98. The lowest BCUT2D eigenvalue weighted by Gasteiger charge is -2.27. The molecule has 0 radical (unpaired) electrons. The van der Waals surface area contributed by atoms with Crippen molar-refractivity contribution in [3.63, 3.8) is 0 Å². The van der Waals surface area contributed by atoms with Crippen LogP contribution in [0.1, 0.15) is 27.9 Å². The Kier molecular flexibility index (Phi) is 7.42. The first-order valence-corrected chi connectivity index (χ1v) is 12.4. The van der Waals surface area contributed by atoms with Crippen molar-refractivity contribution in [3.8, 4) is 0 Å². The van der Waals surface area contributed by atoms with Gasteiger partial charge in [0.1, 0.15) is 5.82 Å². The number of halogens is 6. The zero-order valence-corrected chi connectivity index (χ0v) is 21.2. The van der Waals surface area contributed by atoms with E-state index in [4.69, 9.17) is 11.6 Å². The average Bonchev–Trinajstić information content (AvgIpc) is 3.22. The van der Waals surface area contributed by atoms with Crippen molar-refractivity contribution in [1.82, 2.24) is 19.8 Å². The Hall–Kier alpha value is -3.76. The van der Waals surface area contributed by atoms with Gasteiger partial charge in [-0.25, -0.2) is 14.2 Å². The maximum atomic E-state index is 13.5. The van der Waals surface area contributed by atoms with Gasteiger partial charge in [-0.3, -0.25) is 9.47 Å². The van der Waals surface area contributed by atoms with Crippen LogP contribution in [-0.4, -0.2) is 33.6 Å². The van der Waals surface area contributed by atoms with Gasteiger partial charge in [0.25, 0.3) is 0 Å². The highest BCUT2D eigenvalue weighted by Crippen LogP contribution is 2.36. The van der Waals surface area contributed by atoms with E-state index in [1.807, 2.05) is 11.0 Å². The number of carbonyl (C=O) groups is 1. The summed E-state index contributed by atoms with van der Waals surface area (Å²) in [5, 5.41) is 3.10. The summed E-state index contributed by atoms with van der Waals surface area (Å²) in [5.74, 6) is -1.19. The minimum atomic E-state index is -4.54. The first-order valence-electron chi connectivity index (χ1n) is 12.1. The second kappa shape index (κ2) is 10.8. The van der Waals surface area contributed by atoms with Gasteiger partial charge in [-0.1, -0.05) is 29.8 Å². The van der Waals surface area contributed by atoms with Crippen LogP contribution in [0.5, 0.6) is 0 Å². The number of nitrogens with one attached hydrogen (secondary N) is 1. The number of alkyl halides is 3. The molecule has 2 aromatic heterocycles. The lowest BCUT2D eigenvalue weighted by Crippen LogP contribution is -2.34. The van der Waals surface area contributed by atoms with Crippen LogP contribution in [0.15, 0.2) is 60.8 Å². The third-order valence-electron chi connectivity index (χ3n) is 6.61. The molecule has 4 aromatic rings. The topological polar surface area (TPSA) is 50.2 Å². The first kappa shape index (κ1) is 26.8. The van der Waals surface area contributed by atoms with E-state index in [0.717, 1.165) is 17.7 Å². The molecule has 0 spiro atoms. The summed E-state index contributed by atoms with van der Waals surface area (Å²) in [7, 11) is 0. The molecule has 1 amide bonds. The zero-order chi connectivity index (χ0) is 27.7. The molecule has 0 bridgehead atoms. The van der Waals surface area contributed by atoms with Crippen molar-refractivity contribution in [2.45, 2.75) is 25.7 Å². The van der Waals surface area contributed by atoms with Crippen molar-refractivity contribution in [1.29, 1.82) is 0 Å². The second-order valence-electron chi connectivity index (χ2n) is 9.20. The largest absolute Gasteiger partial charge is 0.416 e. The van der Waals surface area contributed by atoms with Crippen molar-refractivity contribution in [3.05, 3.63) is 106 Å². The quantitative estimate of drug-likeness (QED) is 0.215. The monoisotopic (exact) mass is 560 g/mol. The molecule has 11 heteroatoms. The van der Waals surface area contributed by atoms with E-state index in [0.29, 0.717) is 53.8 Å². The molecule has 0 aliphatic carbocycles. The van der Waals surface area contributed by atoms with Gasteiger partial charge in [0.2, 0.25) is 5.95 Å². The number of carbonyl (C=O) groups excluding carboxylic acids is 1. The molecule has 0 unspecified atom stereocenters. The number of aromatic nitrogens is 2. The third kappa shape index (κ3) is 5.81. The van der Waals surface area contributed by atoms with Crippen LogP contribution < -0.4 is 5.32 Å². The normalized spacial score (nSPS) is 14.2. The molecule has 0 saturated heterocycles. The molecule has 0 fully saturated rings. The van der Waals surface area contributed by atoms with Gasteiger partial charge in [-0.2, -0.15) is 17.6 Å². The number of amides is 1. The SMILES string of the molecule is O=C(NCc1ccnc(F)c1)n1c2c(c3cc(C(F)(F)F)ccc31)CN(CC=Cc1ccc(F)c(Cl)c1)CC2. The molecule has 39 heavy (non-hydrogen) atoms. The molecule has 3 heterocycles. The Morgan fingerprint density at radius 1 is 1.10 bits per heavy atom. The van der Waals surface area contributed by atoms with Crippen LogP contribution in [0, 0.1) is 11.8 Å². The van der Waals surface area contributed by atoms with Gasteiger partial charge < -0.3 is 5.32 Å². The van der Waals surface area contributed by atoms with Gasteiger partial charge in [0.05, 0.1) is 16.1 Å². The summed E-state index contributed by atoms with van der Waals surface area (Å²) >= 11 is 5.84. The number of pyridine rings is 1. The number of rotatable bonds is 5. The van der Waals surface area contributed by atoms with Crippen LogP contribution >= 0.6 is 11.6 Å². The lowest BCUT2D eigenvalue weighted by molar-refractivity contribution is -0.137. The predicted octanol–water partition coefficient (Wildman–Crippen LogP) is 6.82. The second-order valence-corrected chi connectivity index (χ2v) is 9.60. The maximum Gasteiger partial charge on any atom is 0.416 e. The molecule has 2 aromatic carbocycles. The molecule has 1 N–H and O–H groups in total. The summed E-state index contributed by atoms with van der Waals surface area (Å²) < 4.78 is 68.9. The highest BCUT2D eigenvalue weighted by molar-refractivity contribution is 6.30. The number of nitrogens with zero attached hydrogens (tertiary/aromatic N) is 3. The van der Waals surface area contributed by atoms with E-state index >= 15 is 0 Å². The predicted molar refractivity (Wildman–Crippen MR) is 138 cm³/mol. The first-order chi connectivity index (χ1) is 18.6. The van der Waals surface area contributed by atoms with E-state index in [2.05, 4.69) is 10.3 Å². The van der Waals surface area contributed by atoms with Crippen molar-refractivity contribution in [2.75, 3.05) is 13.1 Å². The van der Waals surface area contributed by atoms with Crippen LogP contribution in [0.2, 0.25) is 5.02 Å². The molecular weight excluding hydrogens is 539 g/mol. The molecule has 0 saturated carbocycles. The van der Waals surface area contributed by atoms with Gasteiger partial charge in [-0.15, -0.1) is 0 Å². The molecule has 5 nitrogen and oxygen atoms in total. The fourth-order valence-electron chi connectivity index (χ4n) is 4.74. The molecule has 5 rings (SSSR count). The summed E-state index contributed by atoms with van der Waals surface area (Å²) in [6.45, 7) is 1.40. The van der Waals surface area contributed by atoms with Gasteiger partial charge >= 0.3 is 12.2 Å². The summed E-state index contributed by atoms with van der Waals surface area (Å²) in [5.41, 5.74) is 2.06. The Morgan fingerprint density at radius 2 is 1.92 bits per heavy atom. The van der Waals surface area contributed by atoms with Crippen molar-refractivity contribution in [2.24, 2.45) is 0 Å². The number of hydrogen-bond donors (Lipinski definition) is 1. The van der Waals surface area contributed by atoms with Crippen LogP contribution in [0.3, 0.4) is 0 Å². The van der Waals surface area contributed by atoms with Gasteiger partial charge in [-0.05, 0) is 59.2 Å². The maximum absolute atomic E-state index is 13.5. The van der Waals surface area contributed by atoms with Crippen LogP contribution in [0.25, 0.3) is 17.0 Å². The fraction of sp³-hybridized carbons (Fsp3) is 0.214. The van der Waals surface area contributed by atoms with E-state index in [-0.39, 0.29) is 11.6 Å². The minimum Gasteiger partial charge on any atom is -0.333 e. The van der Waals surface area contributed by atoms with E-state index in [1.165, 1.54) is 35.0 Å². The van der Waals surface area contributed by atoms with Gasteiger partial charge in [0, 0.05) is 49.9 Å². The van der Waals surface area contributed by atoms with E-state index in [9.17, 15) is 26.7 Å². The van der Waals surface area contributed by atoms with Gasteiger partial charge in [0.15, 0.2) is 0 Å². The molecule has 1 aliphatic heterocycles. The van der Waals surface area contributed by atoms with Crippen molar-refractivity contribution < 1.29 is 26.7 Å². The number of benzene rings is 2. The Bertz CT molecular complexity index is 1580. The molecular formula is C28H22ClF5N4O.